The molecule has 192 valence electrons. The summed E-state index contributed by atoms with van der Waals surface area (Å²) in [6.45, 7) is 6.63. The van der Waals surface area contributed by atoms with Crippen molar-refractivity contribution in [2.45, 2.75) is 33.6 Å². The van der Waals surface area contributed by atoms with Crippen LogP contribution >= 0.6 is 0 Å². The molecule has 4 aromatic carbocycles. The Balaban J connectivity index is 0.00000180. The Kier molecular flexibility index (Phi) is 13.6. The van der Waals surface area contributed by atoms with Crippen LogP contribution in [0.25, 0.3) is 0 Å². The van der Waals surface area contributed by atoms with Crippen LogP contribution in [-0.2, 0) is 28.1 Å². The van der Waals surface area contributed by atoms with Gasteiger partial charge in [0.15, 0.2) is 8.07 Å². The summed E-state index contributed by atoms with van der Waals surface area (Å²) in [6.07, 6.45) is 8.28. The molecule has 5 rings (SSSR count). The van der Waals surface area contributed by atoms with Crippen molar-refractivity contribution in [1.29, 1.82) is 0 Å². The third-order valence-corrected chi connectivity index (χ3v) is 11.7. The Morgan fingerprint density at radius 1 is 0.605 bits per heavy atom. The maximum Gasteiger partial charge on any atom is 4.00 e. The first-order valence-corrected chi connectivity index (χ1v) is 14.1. The number of rotatable bonds is 6. The summed E-state index contributed by atoms with van der Waals surface area (Å²) in [4.78, 5) is 0. The Bertz CT molecular complexity index is 1290. The van der Waals surface area contributed by atoms with Crippen LogP contribution < -0.4 is 52.8 Å². The monoisotopic (exact) mass is 608 g/mol. The second kappa shape index (κ2) is 15.1. The van der Waals surface area contributed by atoms with Crippen LogP contribution in [0.5, 0.6) is 0 Å². The number of benzene rings is 4. The first-order chi connectivity index (χ1) is 16.6. The molecule has 0 bridgehead atoms. The molecule has 0 heterocycles. The van der Waals surface area contributed by atoms with E-state index in [4.69, 9.17) is 0 Å². The van der Waals surface area contributed by atoms with Gasteiger partial charge in [0.2, 0.25) is 0 Å². The number of halogens is 3. The summed E-state index contributed by atoms with van der Waals surface area (Å²) < 4.78 is 0. The van der Waals surface area contributed by atoms with E-state index in [9.17, 15) is 0 Å². The topological polar surface area (TPSA) is 0 Å². The van der Waals surface area contributed by atoms with Crippen molar-refractivity contribution in [2.24, 2.45) is 0 Å². The fourth-order valence-corrected chi connectivity index (χ4v) is 10.5. The average Bonchev–Trinajstić information content (AvgIpc) is 3.29. The van der Waals surface area contributed by atoms with E-state index in [1.807, 2.05) is 0 Å². The molecule has 0 N–H and O–H groups in total. The van der Waals surface area contributed by atoms with Crippen LogP contribution in [0.4, 0.5) is 0 Å². The Morgan fingerprint density at radius 3 is 1.47 bits per heavy atom. The Labute approximate surface area is 262 Å². The van der Waals surface area contributed by atoms with Crippen molar-refractivity contribution in [3.63, 3.8) is 0 Å². The summed E-state index contributed by atoms with van der Waals surface area (Å²) >= 11 is 0. The molecule has 0 saturated heterocycles. The number of hydrogen-bond acceptors (Lipinski definition) is 0. The van der Waals surface area contributed by atoms with Gasteiger partial charge in [0.1, 0.15) is 0 Å². The third-order valence-electron chi connectivity index (χ3n) is 6.91. The molecule has 0 aromatic heterocycles. The molecule has 0 aliphatic heterocycles. The fourth-order valence-electron chi connectivity index (χ4n) is 5.36. The summed E-state index contributed by atoms with van der Waals surface area (Å²) in [7, 11) is -2.49. The predicted octanol–water partition coefficient (Wildman–Crippen LogP) is -3.07. The van der Waals surface area contributed by atoms with Crippen LogP contribution in [0.15, 0.2) is 120 Å². The van der Waals surface area contributed by atoms with E-state index in [0.717, 1.165) is 12.8 Å². The van der Waals surface area contributed by atoms with Crippen molar-refractivity contribution < 1.29 is 58.9 Å². The van der Waals surface area contributed by atoms with Gasteiger partial charge in [0.25, 0.3) is 0 Å². The van der Waals surface area contributed by atoms with Crippen molar-refractivity contribution in [1.82, 2.24) is 0 Å². The molecule has 0 saturated carbocycles. The van der Waals surface area contributed by atoms with Gasteiger partial charge in [-0.3, -0.25) is 6.08 Å². The third kappa shape index (κ3) is 7.02. The first kappa shape index (κ1) is 34.2. The first-order valence-electron chi connectivity index (χ1n) is 12.1. The molecule has 1 aliphatic carbocycles. The minimum atomic E-state index is -2.49. The molecule has 0 atom stereocenters. The van der Waals surface area contributed by atoms with Gasteiger partial charge in [0.05, 0.1) is 0 Å². The van der Waals surface area contributed by atoms with Crippen LogP contribution in [-0.4, -0.2) is 8.07 Å². The van der Waals surface area contributed by atoms with Gasteiger partial charge in [-0.1, -0.05) is 126 Å². The maximum absolute atomic E-state index is 3.97. The van der Waals surface area contributed by atoms with Crippen molar-refractivity contribution in [3.05, 3.63) is 148 Å². The SMILES string of the molecule is Cc1cccc([Si](C2=[C-]C(Cc3ccccc3)=CC2)(c2cccc(C)c2)c2cccc(C)c2)c1.[Cl-].[Cl-].[Cl-].[Ti+4]. The summed E-state index contributed by atoms with van der Waals surface area (Å²) in [5, 5.41) is 5.79. The molecule has 4 aromatic rings. The van der Waals surface area contributed by atoms with Gasteiger partial charge in [-0.25, -0.2) is 11.6 Å². The second-order valence-electron chi connectivity index (χ2n) is 9.56. The summed E-state index contributed by atoms with van der Waals surface area (Å²) in [6, 6.07) is 38.4. The van der Waals surface area contributed by atoms with Gasteiger partial charge >= 0.3 is 21.7 Å². The quantitative estimate of drug-likeness (QED) is 0.124. The zero-order chi connectivity index (χ0) is 23.5. The van der Waals surface area contributed by atoms with Crippen LogP contribution in [0, 0.1) is 26.8 Å². The zero-order valence-electron chi connectivity index (χ0n) is 21.9. The van der Waals surface area contributed by atoms with Crippen LogP contribution in [0.2, 0.25) is 0 Å². The van der Waals surface area contributed by atoms with Crippen LogP contribution in [0.1, 0.15) is 28.7 Å². The molecule has 0 amide bonds. The van der Waals surface area contributed by atoms with Gasteiger partial charge in [0, 0.05) is 0 Å². The van der Waals surface area contributed by atoms with E-state index in [1.54, 1.807) is 0 Å². The molecule has 0 spiro atoms. The minimum absolute atomic E-state index is 0. The predicted molar refractivity (Wildman–Crippen MR) is 148 cm³/mol. The Hall–Kier alpha value is -1.84. The van der Waals surface area contributed by atoms with Gasteiger partial charge in [-0.2, -0.15) is 5.20 Å². The van der Waals surface area contributed by atoms with Crippen molar-refractivity contribution in [2.75, 3.05) is 0 Å². The number of allylic oxidation sites excluding steroid dienone is 4. The van der Waals surface area contributed by atoms with Crippen molar-refractivity contribution >= 4 is 23.6 Å². The van der Waals surface area contributed by atoms with E-state index in [0.29, 0.717) is 0 Å². The van der Waals surface area contributed by atoms with Gasteiger partial charge < -0.3 is 37.2 Å². The van der Waals surface area contributed by atoms with E-state index < -0.39 is 8.07 Å². The zero-order valence-corrected chi connectivity index (χ0v) is 26.8. The van der Waals surface area contributed by atoms with E-state index >= 15 is 0 Å². The minimum Gasteiger partial charge on any atom is -1.00 e. The molecule has 0 nitrogen and oxygen atoms in total. The molecular formula is C33H31Cl3SiTi. The van der Waals surface area contributed by atoms with E-state index in [1.165, 1.54) is 48.6 Å². The second-order valence-corrected chi connectivity index (χ2v) is 13.4. The fraction of sp³-hybridized carbons (Fsp3) is 0.152. The number of hydrogen-bond donors (Lipinski definition) is 0. The largest absolute Gasteiger partial charge is 4.00 e. The van der Waals surface area contributed by atoms with Crippen molar-refractivity contribution in [3.8, 4) is 0 Å². The molecule has 38 heavy (non-hydrogen) atoms. The van der Waals surface area contributed by atoms with Gasteiger partial charge in [-0.15, -0.1) is 0 Å². The summed E-state index contributed by atoms with van der Waals surface area (Å²) in [5.41, 5.74) is 6.59. The Morgan fingerprint density at radius 2 is 1.05 bits per heavy atom. The molecule has 0 radical (unpaired) electrons. The molecule has 0 fully saturated rings. The van der Waals surface area contributed by atoms with E-state index in [-0.39, 0.29) is 58.9 Å². The van der Waals surface area contributed by atoms with Gasteiger partial charge in [-0.05, 0) is 48.3 Å². The molecular weight excluding hydrogens is 579 g/mol. The van der Waals surface area contributed by atoms with Crippen LogP contribution in [0.3, 0.4) is 0 Å². The normalized spacial score (nSPS) is 12.1. The standard InChI is InChI=1S/C33H31Si.3ClH.Ti/c1-25-10-7-15-30(20-25)34(31-16-8-11-26(2)21-31,32-17-9-12-27(3)22-32)33-19-18-29(24-33)23-28-13-5-4-6-14-28;;;;/h4-18,20-22H,19,23H2,1-3H3;3*1H;/q-1;;;;+4/p-3. The smallest absolute Gasteiger partial charge is 1.00 e. The summed E-state index contributed by atoms with van der Waals surface area (Å²) in [5.74, 6) is 0. The average molecular weight is 610 g/mol. The number of aryl methyl sites for hydroxylation is 3. The molecule has 0 unspecified atom stereocenters. The van der Waals surface area contributed by atoms with E-state index in [2.05, 4.69) is 136 Å². The molecule has 1 aliphatic rings. The molecule has 5 heteroatoms. The maximum atomic E-state index is 3.97.